The molecule has 1 saturated carbocycles. The zero-order chi connectivity index (χ0) is 22.5. The van der Waals surface area contributed by atoms with Crippen LogP contribution in [0.5, 0.6) is 11.5 Å². The van der Waals surface area contributed by atoms with Crippen LogP contribution in [0.15, 0.2) is 48.5 Å². The molecule has 0 radical (unpaired) electrons. The SMILES string of the molecule is COc1ccc(C2(CNC(=O)C(=O)Nc3ccc(OC(F)(F)F)cc3)CCCC2)cc1. The van der Waals surface area contributed by atoms with Crippen molar-refractivity contribution >= 4 is 17.5 Å². The van der Waals surface area contributed by atoms with Gasteiger partial charge in [-0.3, -0.25) is 9.59 Å². The predicted octanol–water partition coefficient (Wildman–Crippen LogP) is 4.16. The van der Waals surface area contributed by atoms with E-state index in [0.717, 1.165) is 49.1 Å². The molecule has 0 heterocycles. The number of halogens is 3. The van der Waals surface area contributed by atoms with Gasteiger partial charge >= 0.3 is 18.2 Å². The molecule has 0 spiro atoms. The zero-order valence-corrected chi connectivity index (χ0v) is 16.9. The third-order valence-electron chi connectivity index (χ3n) is 5.40. The van der Waals surface area contributed by atoms with Crippen LogP contribution in [0.3, 0.4) is 0 Å². The number of nitrogens with one attached hydrogen (secondary N) is 2. The van der Waals surface area contributed by atoms with Crippen molar-refractivity contribution in [2.24, 2.45) is 0 Å². The molecule has 6 nitrogen and oxygen atoms in total. The van der Waals surface area contributed by atoms with Crippen LogP contribution < -0.4 is 20.1 Å². The summed E-state index contributed by atoms with van der Waals surface area (Å²) in [5, 5.41) is 5.07. The number of benzene rings is 2. The lowest BCUT2D eigenvalue weighted by molar-refractivity contribution is -0.274. The van der Waals surface area contributed by atoms with Crippen molar-refractivity contribution < 1.29 is 32.2 Å². The van der Waals surface area contributed by atoms with Gasteiger partial charge in [0.05, 0.1) is 7.11 Å². The van der Waals surface area contributed by atoms with Crippen LogP contribution in [0.25, 0.3) is 0 Å². The maximum atomic E-state index is 12.3. The molecule has 1 fully saturated rings. The number of carbonyl (C=O) groups excluding carboxylic acids is 2. The Morgan fingerprint density at radius 2 is 1.52 bits per heavy atom. The van der Waals surface area contributed by atoms with Crippen molar-refractivity contribution in [3.05, 3.63) is 54.1 Å². The van der Waals surface area contributed by atoms with Crippen molar-refractivity contribution in [2.75, 3.05) is 19.0 Å². The minimum absolute atomic E-state index is 0.181. The molecule has 0 bridgehead atoms. The maximum Gasteiger partial charge on any atom is 0.573 e. The van der Waals surface area contributed by atoms with Crippen molar-refractivity contribution in [3.8, 4) is 11.5 Å². The molecule has 2 amide bonds. The summed E-state index contributed by atoms with van der Waals surface area (Å²) in [6, 6.07) is 12.2. The Balaban J connectivity index is 1.59. The van der Waals surface area contributed by atoms with Crippen LogP contribution in [0, 0.1) is 0 Å². The number of hydrogen-bond donors (Lipinski definition) is 2. The summed E-state index contributed by atoms with van der Waals surface area (Å²) < 4.78 is 45.6. The first-order valence-electron chi connectivity index (χ1n) is 9.80. The highest BCUT2D eigenvalue weighted by atomic mass is 19.4. The summed E-state index contributed by atoms with van der Waals surface area (Å²) in [6.07, 6.45) is -0.963. The third kappa shape index (κ3) is 5.90. The molecule has 3 rings (SSSR count). The van der Waals surface area contributed by atoms with Gasteiger partial charge in [0.2, 0.25) is 0 Å². The highest BCUT2D eigenvalue weighted by Gasteiger charge is 2.36. The summed E-state index contributed by atoms with van der Waals surface area (Å²) in [4.78, 5) is 24.5. The molecule has 31 heavy (non-hydrogen) atoms. The second kappa shape index (κ2) is 9.28. The van der Waals surface area contributed by atoms with E-state index in [0.29, 0.717) is 6.54 Å². The number of carbonyl (C=O) groups is 2. The summed E-state index contributed by atoms with van der Waals surface area (Å²) in [5.41, 5.74) is 1.01. The Bertz CT molecular complexity index is 906. The van der Waals surface area contributed by atoms with Crippen LogP contribution in [0.4, 0.5) is 18.9 Å². The lowest BCUT2D eigenvalue weighted by Crippen LogP contribution is -2.43. The van der Waals surface area contributed by atoms with E-state index in [-0.39, 0.29) is 11.1 Å². The highest BCUT2D eigenvalue weighted by molar-refractivity contribution is 6.39. The molecule has 166 valence electrons. The van der Waals surface area contributed by atoms with Crippen LogP contribution in [0.2, 0.25) is 0 Å². The monoisotopic (exact) mass is 436 g/mol. The quantitative estimate of drug-likeness (QED) is 0.667. The first-order chi connectivity index (χ1) is 14.7. The van der Waals surface area contributed by atoms with Crippen LogP contribution in [0.1, 0.15) is 31.2 Å². The summed E-state index contributed by atoms with van der Waals surface area (Å²) in [7, 11) is 1.59. The molecule has 0 saturated heterocycles. The van der Waals surface area contributed by atoms with E-state index in [1.807, 2.05) is 24.3 Å². The normalized spacial score (nSPS) is 15.2. The Morgan fingerprint density at radius 3 is 2.06 bits per heavy atom. The van der Waals surface area contributed by atoms with Gasteiger partial charge in [-0.25, -0.2) is 0 Å². The summed E-state index contributed by atoms with van der Waals surface area (Å²) >= 11 is 0. The molecule has 2 aromatic rings. The molecule has 2 aromatic carbocycles. The van der Waals surface area contributed by atoms with E-state index in [1.165, 1.54) is 12.1 Å². The van der Waals surface area contributed by atoms with Gasteiger partial charge in [-0.05, 0) is 54.8 Å². The molecular formula is C22H23F3N2O4. The molecule has 1 aliphatic carbocycles. The van der Waals surface area contributed by atoms with Crippen molar-refractivity contribution in [1.29, 1.82) is 0 Å². The van der Waals surface area contributed by atoms with Gasteiger partial charge in [-0.2, -0.15) is 0 Å². The first-order valence-corrected chi connectivity index (χ1v) is 9.80. The van der Waals surface area contributed by atoms with Gasteiger partial charge in [0.15, 0.2) is 0 Å². The minimum Gasteiger partial charge on any atom is -0.497 e. The smallest absolute Gasteiger partial charge is 0.497 e. The van der Waals surface area contributed by atoms with Crippen LogP contribution in [-0.4, -0.2) is 31.8 Å². The predicted molar refractivity (Wildman–Crippen MR) is 108 cm³/mol. The zero-order valence-electron chi connectivity index (χ0n) is 16.9. The van der Waals surface area contributed by atoms with E-state index >= 15 is 0 Å². The first kappa shape index (κ1) is 22.5. The molecule has 9 heteroatoms. The lowest BCUT2D eigenvalue weighted by Gasteiger charge is -2.30. The fraction of sp³-hybridized carbons (Fsp3) is 0.364. The van der Waals surface area contributed by atoms with Gasteiger partial charge in [0, 0.05) is 17.6 Å². The van der Waals surface area contributed by atoms with E-state index in [4.69, 9.17) is 4.74 Å². The molecule has 2 N–H and O–H groups in total. The summed E-state index contributed by atoms with van der Waals surface area (Å²) in [6.45, 7) is 0.309. The van der Waals surface area contributed by atoms with Gasteiger partial charge < -0.3 is 20.1 Å². The second-order valence-corrected chi connectivity index (χ2v) is 7.42. The van der Waals surface area contributed by atoms with Crippen LogP contribution >= 0.6 is 0 Å². The molecule has 0 atom stereocenters. The number of hydrogen-bond acceptors (Lipinski definition) is 4. The third-order valence-corrected chi connectivity index (χ3v) is 5.40. The van der Waals surface area contributed by atoms with E-state index in [9.17, 15) is 22.8 Å². The van der Waals surface area contributed by atoms with Gasteiger partial charge in [0.25, 0.3) is 0 Å². The fourth-order valence-corrected chi connectivity index (χ4v) is 3.82. The van der Waals surface area contributed by atoms with Gasteiger partial charge in [-0.1, -0.05) is 25.0 Å². The largest absolute Gasteiger partial charge is 0.573 e. The molecule has 1 aliphatic rings. The Kier molecular flexibility index (Phi) is 6.72. The topological polar surface area (TPSA) is 76.7 Å². The molecule has 0 aromatic heterocycles. The number of rotatable bonds is 6. The number of anilines is 1. The van der Waals surface area contributed by atoms with Crippen LogP contribution in [-0.2, 0) is 15.0 Å². The standard InChI is InChI=1S/C22H23F3N2O4/c1-30-17-8-4-15(5-9-17)21(12-2-3-13-21)14-26-19(28)20(29)27-16-6-10-18(11-7-16)31-22(23,24)25/h4-11H,2-3,12-14H2,1H3,(H,26,28)(H,27,29). The minimum atomic E-state index is -4.80. The number of amides is 2. The Labute approximate surface area is 177 Å². The summed E-state index contributed by atoms with van der Waals surface area (Å²) in [5.74, 6) is -1.38. The molecule has 0 unspecified atom stereocenters. The second-order valence-electron chi connectivity index (χ2n) is 7.42. The molecule has 0 aliphatic heterocycles. The van der Waals surface area contributed by atoms with E-state index in [2.05, 4.69) is 15.4 Å². The average Bonchev–Trinajstić information content (AvgIpc) is 3.22. The molecular weight excluding hydrogens is 413 g/mol. The van der Waals surface area contributed by atoms with Crippen molar-refractivity contribution in [2.45, 2.75) is 37.5 Å². The Hall–Kier alpha value is -3.23. The lowest BCUT2D eigenvalue weighted by atomic mass is 9.78. The van der Waals surface area contributed by atoms with Gasteiger partial charge in [0.1, 0.15) is 11.5 Å². The maximum absolute atomic E-state index is 12.3. The number of methoxy groups -OCH3 is 1. The number of ether oxygens (including phenoxy) is 2. The van der Waals surface area contributed by atoms with Crippen molar-refractivity contribution in [1.82, 2.24) is 5.32 Å². The van der Waals surface area contributed by atoms with Gasteiger partial charge in [-0.15, -0.1) is 13.2 Å². The fourth-order valence-electron chi connectivity index (χ4n) is 3.82. The Morgan fingerprint density at radius 1 is 0.935 bits per heavy atom. The number of alkyl halides is 3. The van der Waals surface area contributed by atoms with E-state index < -0.39 is 23.9 Å². The highest BCUT2D eigenvalue weighted by Crippen LogP contribution is 2.41. The van der Waals surface area contributed by atoms with Crippen molar-refractivity contribution in [3.63, 3.8) is 0 Å². The van der Waals surface area contributed by atoms with E-state index in [1.54, 1.807) is 7.11 Å². The average molecular weight is 436 g/mol.